The van der Waals surface area contributed by atoms with Crippen molar-refractivity contribution in [1.29, 1.82) is 0 Å². The summed E-state index contributed by atoms with van der Waals surface area (Å²) in [6, 6.07) is 0.555. The van der Waals surface area contributed by atoms with E-state index in [1.165, 1.54) is 19.3 Å². The van der Waals surface area contributed by atoms with Crippen LogP contribution in [0.15, 0.2) is 12.2 Å². The van der Waals surface area contributed by atoms with Gasteiger partial charge in [-0.1, -0.05) is 19.9 Å². The first-order valence-corrected chi connectivity index (χ1v) is 5.30. The number of nitrogens with zero attached hydrogens (tertiary/aromatic N) is 1. The molecule has 1 atom stereocenters. The van der Waals surface area contributed by atoms with Gasteiger partial charge >= 0.3 is 5.97 Å². The quantitative estimate of drug-likeness (QED) is 0.700. The lowest BCUT2D eigenvalue weighted by Gasteiger charge is -2.35. The lowest BCUT2D eigenvalue weighted by Crippen LogP contribution is -2.40. The van der Waals surface area contributed by atoms with Gasteiger partial charge in [-0.2, -0.15) is 0 Å². The summed E-state index contributed by atoms with van der Waals surface area (Å²) < 4.78 is 0. The van der Waals surface area contributed by atoms with Gasteiger partial charge in [0.1, 0.15) is 0 Å². The van der Waals surface area contributed by atoms with Gasteiger partial charge in [0, 0.05) is 18.2 Å². The van der Waals surface area contributed by atoms with Gasteiger partial charge in [-0.05, 0) is 25.8 Å². The fraction of sp³-hybridized carbons (Fsp3) is 0.727. The Kier molecular flexibility index (Phi) is 4.14. The van der Waals surface area contributed by atoms with Gasteiger partial charge in [0.05, 0.1) is 0 Å². The first kappa shape index (κ1) is 11.2. The summed E-state index contributed by atoms with van der Waals surface area (Å²) in [6.07, 6.45) is 4.76. The van der Waals surface area contributed by atoms with E-state index in [4.69, 9.17) is 5.11 Å². The minimum atomic E-state index is -0.870. The molecule has 1 unspecified atom stereocenters. The minimum Gasteiger partial charge on any atom is -0.478 e. The summed E-state index contributed by atoms with van der Waals surface area (Å²) >= 11 is 0. The van der Waals surface area contributed by atoms with Crippen molar-refractivity contribution in [2.24, 2.45) is 0 Å². The number of aliphatic carboxylic acids is 1. The van der Waals surface area contributed by atoms with Crippen LogP contribution in [0, 0.1) is 0 Å². The molecule has 1 aliphatic heterocycles. The zero-order valence-electron chi connectivity index (χ0n) is 8.83. The topological polar surface area (TPSA) is 40.5 Å². The number of carboxylic acids is 1. The van der Waals surface area contributed by atoms with Crippen molar-refractivity contribution < 1.29 is 9.90 Å². The highest BCUT2D eigenvalue weighted by atomic mass is 16.4. The normalized spacial score (nSPS) is 23.4. The number of carbonyl (C=O) groups is 1. The van der Waals surface area contributed by atoms with Crippen LogP contribution in [-0.4, -0.2) is 35.1 Å². The smallest absolute Gasteiger partial charge is 0.332 e. The van der Waals surface area contributed by atoms with E-state index in [0.717, 1.165) is 13.0 Å². The van der Waals surface area contributed by atoms with E-state index >= 15 is 0 Å². The Bertz CT molecular complexity index is 225. The molecule has 0 aromatic carbocycles. The van der Waals surface area contributed by atoms with Gasteiger partial charge < -0.3 is 5.11 Å². The Morgan fingerprint density at radius 3 is 2.86 bits per heavy atom. The Hall–Kier alpha value is -0.830. The van der Waals surface area contributed by atoms with Crippen LogP contribution < -0.4 is 0 Å². The van der Waals surface area contributed by atoms with Crippen molar-refractivity contribution in [1.82, 2.24) is 4.90 Å². The van der Waals surface area contributed by atoms with Gasteiger partial charge in [0.15, 0.2) is 0 Å². The average molecular weight is 197 g/mol. The van der Waals surface area contributed by atoms with Crippen molar-refractivity contribution in [3.63, 3.8) is 0 Å². The summed E-state index contributed by atoms with van der Waals surface area (Å²) in [5.41, 5.74) is 0.311. The molecule has 0 spiro atoms. The van der Waals surface area contributed by atoms with Crippen LogP contribution in [0.1, 0.15) is 32.6 Å². The molecule has 1 aliphatic rings. The van der Waals surface area contributed by atoms with E-state index in [1.807, 2.05) is 0 Å². The SMILES string of the molecule is C=C(CN1CCCCC1CC)C(=O)O. The second kappa shape index (κ2) is 5.15. The Morgan fingerprint density at radius 2 is 2.29 bits per heavy atom. The van der Waals surface area contributed by atoms with Crippen LogP contribution >= 0.6 is 0 Å². The number of carboxylic acid groups (broad SMARTS) is 1. The predicted molar refractivity (Wildman–Crippen MR) is 56.3 cm³/mol. The summed E-state index contributed by atoms with van der Waals surface area (Å²) in [7, 11) is 0. The third-order valence-corrected chi connectivity index (χ3v) is 2.92. The van der Waals surface area contributed by atoms with Crippen molar-refractivity contribution in [2.75, 3.05) is 13.1 Å². The molecule has 0 aromatic heterocycles. The maximum absolute atomic E-state index is 10.6. The largest absolute Gasteiger partial charge is 0.478 e. The molecule has 0 aromatic rings. The van der Waals surface area contributed by atoms with Gasteiger partial charge in [-0.15, -0.1) is 0 Å². The molecule has 1 rings (SSSR count). The summed E-state index contributed by atoms with van der Waals surface area (Å²) in [5.74, 6) is -0.870. The van der Waals surface area contributed by atoms with Crippen LogP contribution in [0.5, 0.6) is 0 Å². The van der Waals surface area contributed by atoms with Crippen LogP contribution in [0.4, 0.5) is 0 Å². The molecule has 1 N–H and O–H groups in total. The van der Waals surface area contributed by atoms with E-state index in [0.29, 0.717) is 18.2 Å². The zero-order valence-corrected chi connectivity index (χ0v) is 8.83. The van der Waals surface area contributed by atoms with E-state index < -0.39 is 5.97 Å². The molecule has 0 saturated carbocycles. The van der Waals surface area contributed by atoms with Crippen LogP contribution in [0.3, 0.4) is 0 Å². The Balaban J connectivity index is 2.48. The lowest BCUT2D eigenvalue weighted by atomic mass is 9.99. The molecule has 14 heavy (non-hydrogen) atoms. The van der Waals surface area contributed by atoms with Gasteiger partial charge in [-0.25, -0.2) is 4.79 Å². The zero-order chi connectivity index (χ0) is 10.6. The fourth-order valence-corrected chi connectivity index (χ4v) is 2.04. The predicted octanol–water partition coefficient (Wildman–Crippen LogP) is 1.89. The maximum Gasteiger partial charge on any atom is 0.332 e. The highest BCUT2D eigenvalue weighted by Crippen LogP contribution is 2.19. The van der Waals surface area contributed by atoms with E-state index in [9.17, 15) is 4.79 Å². The summed E-state index contributed by atoms with van der Waals surface area (Å²) in [4.78, 5) is 12.9. The highest BCUT2D eigenvalue weighted by molar-refractivity contribution is 5.86. The van der Waals surface area contributed by atoms with Crippen LogP contribution in [-0.2, 0) is 4.79 Å². The average Bonchev–Trinajstić information content (AvgIpc) is 2.18. The molecule has 0 aliphatic carbocycles. The van der Waals surface area contributed by atoms with Crippen molar-refractivity contribution >= 4 is 5.97 Å². The molecule has 0 amide bonds. The maximum atomic E-state index is 10.6. The van der Waals surface area contributed by atoms with E-state index in [-0.39, 0.29) is 0 Å². The molecule has 0 bridgehead atoms. The molecular weight excluding hydrogens is 178 g/mol. The van der Waals surface area contributed by atoms with Crippen LogP contribution in [0.2, 0.25) is 0 Å². The number of hydrogen-bond acceptors (Lipinski definition) is 2. The molecule has 1 heterocycles. The second-order valence-corrected chi connectivity index (χ2v) is 3.94. The monoisotopic (exact) mass is 197 g/mol. The Labute approximate surface area is 85.4 Å². The van der Waals surface area contributed by atoms with Gasteiger partial charge in [0.25, 0.3) is 0 Å². The van der Waals surface area contributed by atoms with Gasteiger partial charge in [-0.3, -0.25) is 4.90 Å². The number of rotatable bonds is 4. The molecule has 1 saturated heterocycles. The van der Waals surface area contributed by atoms with E-state index in [2.05, 4.69) is 18.4 Å². The fourth-order valence-electron chi connectivity index (χ4n) is 2.04. The standard InChI is InChI=1S/C11H19NO2/c1-3-10-6-4-5-7-12(10)8-9(2)11(13)14/h10H,2-8H2,1H3,(H,13,14). The first-order chi connectivity index (χ1) is 6.65. The van der Waals surface area contributed by atoms with Crippen molar-refractivity contribution in [2.45, 2.75) is 38.6 Å². The molecular formula is C11H19NO2. The summed E-state index contributed by atoms with van der Waals surface area (Å²) in [5, 5.41) is 8.75. The molecule has 3 heteroatoms. The molecule has 0 radical (unpaired) electrons. The van der Waals surface area contributed by atoms with Crippen molar-refractivity contribution in [3.05, 3.63) is 12.2 Å². The number of hydrogen-bond donors (Lipinski definition) is 1. The molecule has 1 fully saturated rings. The number of piperidine rings is 1. The number of likely N-dealkylation sites (tertiary alicyclic amines) is 1. The van der Waals surface area contributed by atoms with Crippen molar-refractivity contribution in [3.8, 4) is 0 Å². The summed E-state index contributed by atoms with van der Waals surface area (Å²) in [6.45, 7) is 7.28. The molecule has 80 valence electrons. The lowest BCUT2D eigenvalue weighted by molar-refractivity contribution is -0.133. The third-order valence-electron chi connectivity index (χ3n) is 2.92. The van der Waals surface area contributed by atoms with Crippen LogP contribution in [0.25, 0.3) is 0 Å². The Morgan fingerprint density at radius 1 is 1.57 bits per heavy atom. The first-order valence-electron chi connectivity index (χ1n) is 5.30. The van der Waals surface area contributed by atoms with E-state index in [1.54, 1.807) is 0 Å². The minimum absolute atomic E-state index is 0.311. The highest BCUT2D eigenvalue weighted by Gasteiger charge is 2.22. The third kappa shape index (κ3) is 2.84. The molecule has 3 nitrogen and oxygen atoms in total. The second-order valence-electron chi connectivity index (χ2n) is 3.94. The van der Waals surface area contributed by atoms with Gasteiger partial charge in [0.2, 0.25) is 0 Å².